The van der Waals surface area contributed by atoms with E-state index in [1.54, 1.807) is 23.6 Å². The summed E-state index contributed by atoms with van der Waals surface area (Å²) in [4.78, 5) is 28.3. The first-order chi connectivity index (χ1) is 13.9. The van der Waals surface area contributed by atoms with Gasteiger partial charge in [0.25, 0.3) is 0 Å². The minimum Gasteiger partial charge on any atom is -0.354 e. The van der Waals surface area contributed by atoms with E-state index in [0.29, 0.717) is 36.2 Å². The first-order valence-corrected chi connectivity index (χ1v) is 11.2. The van der Waals surface area contributed by atoms with Crippen molar-refractivity contribution in [2.45, 2.75) is 44.7 Å². The summed E-state index contributed by atoms with van der Waals surface area (Å²) in [6.07, 6.45) is 0.363. The van der Waals surface area contributed by atoms with Crippen molar-refractivity contribution < 1.29 is 9.59 Å². The van der Waals surface area contributed by atoms with Crippen molar-refractivity contribution in [1.29, 1.82) is 0 Å². The van der Waals surface area contributed by atoms with Gasteiger partial charge in [0.1, 0.15) is 6.04 Å². The number of hydrogen-bond donors (Lipinski definition) is 1. The fraction of sp³-hybridized carbons (Fsp3) is 0.391. The van der Waals surface area contributed by atoms with E-state index in [1.165, 1.54) is 0 Å². The van der Waals surface area contributed by atoms with E-state index in [0.717, 1.165) is 10.5 Å². The Bertz CT molecular complexity index is 781. The molecule has 2 amide bonds. The Hall–Kier alpha value is -1.98. The first kappa shape index (κ1) is 23.3. The molecular formula is C23H29ClN2O2S. The molecule has 0 aromatic heterocycles. The van der Waals surface area contributed by atoms with Crippen LogP contribution in [0.25, 0.3) is 0 Å². The Morgan fingerprint density at radius 2 is 1.69 bits per heavy atom. The zero-order valence-electron chi connectivity index (χ0n) is 17.2. The lowest BCUT2D eigenvalue weighted by Gasteiger charge is -2.29. The first-order valence-electron chi connectivity index (χ1n) is 9.86. The van der Waals surface area contributed by atoms with Gasteiger partial charge in [0.2, 0.25) is 11.8 Å². The van der Waals surface area contributed by atoms with Crippen LogP contribution in [-0.2, 0) is 16.1 Å². The lowest BCUT2D eigenvalue weighted by atomic mass is 10.1. The van der Waals surface area contributed by atoms with Gasteiger partial charge < -0.3 is 10.2 Å². The number of carbonyl (C=O) groups is 2. The quantitative estimate of drug-likeness (QED) is 0.537. The van der Waals surface area contributed by atoms with Gasteiger partial charge in [-0.25, -0.2) is 0 Å². The van der Waals surface area contributed by atoms with Crippen molar-refractivity contribution >= 4 is 35.2 Å². The second-order valence-corrected chi connectivity index (χ2v) is 8.98. The molecule has 0 heterocycles. The molecule has 156 valence electrons. The largest absolute Gasteiger partial charge is 0.354 e. The normalized spacial score (nSPS) is 11.9. The fourth-order valence-corrected chi connectivity index (χ4v) is 3.71. The Kier molecular flexibility index (Phi) is 9.55. The summed E-state index contributed by atoms with van der Waals surface area (Å²) in [5.74, 6) is 0.863. The number of halogens is 1. The second-order valence-electron chi connectivity index (χ2n) is 7.37. The summed E-state index contributed by atoms with van der Waals surface area (Å²) in [5, 5.41) is 3.63. The molecule has 0 saturated carbocycles. The number of hydrogen-bond acceptors (Lipinski definition) is 3. The average Bonchev–Trinajstić information content (AvgIpc) is 2.71. The molecular weight excluding hydrogens is 404 g/mol. The molecule has 4 nitrogen and oxygen atoms in total. The molecule has 2 aromatic carbocycles. The Morgan fingerprint density at radius 3 is 2.31 bits per heavy atom. The summed E-state index contributed by atoms with van der Waals surface area (Å²) in [6.45, 7) is 6.91. The number of rotatable bonds is 10. The van der Waals surface area contributed by atoms with Crippen LogP contribution in [0.2, 0.25) is 5.02 Å². The Morgan fingerprint density at radius 1 is 1.03 bits per heavy atom. The van der Waals surface area contributed by atoms with Crippen LogP contribution in [-0.4, -0.2) is 35.1 Å². The molecule has 0 bridgehead atoms. The van der Waals surface area contributed by atoms with E-state index >= 15 is 0 Å². The molecule has 0 saturated heterocycles. The van der Waals surface area contributed by atoms with Crippen molar-refractivity contribution in [3.63, 3.8) is 0 Å². The molecule has 2 aromatic rings. The standard InChI is InChI=1S/C23H29ClN2O2S/c1-17(2)15-25-23(28)18(3)26(16-19-7-5-4-6-8-19)22(27)13-14-29-21-11-9-20(24)10-12-21/h4-12,17-18H,13-16H2,1-3H3,(H,25,28). The molecule has 1 atom stereocenters. The van der Waals surface area contributed by atoms with Crippen LogP contribution in [0.4, 0.5) is 0 Å². The van der Waals surface area contributed by atoms with Crippen molar-refractivity contribution in [1.82, 2.24) is 10.2 Å². The number of carbonyl (C=O) groups excluding carboxylic acids is 2. The van der Waals surface area contributed by atoms with Crippen LogP contribution in [0, 0.1) is 5.92 Å². The molecule has 0 fully saturated rings. The van der Waals surface area contributed by atoms with Crippen molar-refractivity contribution in [3.8, 4) is 0 Å². The van der Waals surface area contributed by atoms with Gasteiger partial charge in [0, 0.05) is 35.2 Å². The summed E-state index contributed by atoms with van der Waals surface area (Å²) < 4.78 is 0. The molecule has 0 aliphatic heterocycles. The fourth-order valence-electron chi connectivity index (χ4n) is 2.75. The van der Waals surface area contributed by atoms with Crippen LogP contribution in [0.5, 0.6) is 0 Å². The topological polar surface area (TPSA) is 49.4 Å². The van der Waals surface area contributed by atoms with E-state index in [1.807, 2.05) is 68.4 Å². The van der Waals surface area contributed by atoms with Crippen LogP contribution < -0.4 is 5.32 Å². The maximum Gasteiger partial charge on any atom is 0.242 e. The summed E-state index contributed by atoms with van der Waals surface area (Å²) >= 11 is 7.53. The summed E-state index contributed by atoms with van der Waals surface area (Å²) in [6, 6.07) is 16.8. The van der Waals surface area contributed by atoms with E-state index in [9.17, 15) is 9.59 Å². The number of benzene rings is 2. The molecule has 0 radical (unpaired) electrons. The van der Waals surface area contributed by atoms with Crippen molar-refractivity contribution in [2.75, 3.05) is 12.3 Å². The van der Waals surface area contributed by atoms with Crippen molar-refractivity contribution in [3.05, 3.63) is 65.2 Å². The van der Waals surface area contributed by atoms with Gasteiger partial charge >= 0.3 is 0 Å². The number of amides is 2. The zero-order valence-corrected chi connectivity index (χ0v) is 18.8. The highest BCUT2D eigenvalue weighted by atomic mass is 35.5. The molecule has 1 N–H and O–H groups in total. The van der Waals surface area contributed by atoms with Gasteiger partial charge in [0.05, 0.1) is 0 Å². The summed E-state index contributed by atoms with van der Waals surface area (Å²) in [7, 11) is 0. The van der Waals surface area contributed by atoms with Gasteiger partial charge in [-0.15, -0.1) is 11.8 Å². The van der Waals surface area contributed by atoms with Crippen LogP contribution in [0.15, 0.2) is 59.5 Å². The minimum absolute atomic E-state index is 0.0255. The molecule has 0 aliphatic carbocycles. The number of thioether (sulfide) groups is 1. The molecule has 29 heavy (non-hydrogen) atoms. The zero-order chi connectivity index (χ0) is 21.2. The SMILES string of the molecule is CC(C)CNC(=O)C(C)N(Cc1ccccc1)C(=O)CCSc1ccc(Cl)cc1. The van der Waals surface area contributed by atoms with Crippen LogP contribution in [0.3, 0.4) is 0 Å². The third-order valence-electron chi connectivity index (χ3n) is 4.45. The van der Waals surface area contributed by atoms with E-state index in [4.69, 9.17) is 11.6 Å². The van der Waals surface area contributed by atoms with E-state index < -0.39 is 6.04 Å². The maximum absolute atomic E-state index is 13.0. The van der Waals surface area contributed by atoms with Crippen molar-refractivity contribution in [2.24, 2.45) is 5.92 Å². The number of nitrogens with one attached hydrogen (secondary N) is 1. The molecule has 0 spiro atoms. The van der Waals surface area contributed by atoms with E-state index in [2.05, 4.69) is 5.32 Å². The van der Waals surface area contributed by atoms with Gasteiger partial charge in [0.15, 0.2) is 0 Å². The van der Waals surface area contributed by atoms with Gasteiger partial charge in [-0.05, 0) is 42.7 Å². The highest BCUT2D eigenvalue weighted by molar-refractivity contribution is 7.99. The summed E-state index contributed by atoms with van der Waals surface area (Å²) in [5.41, 5.74) is 1.01. The van der Waals surface area contributed by atoms with Crippen LogP contribution >= 0.6 is 23.4 Å². The molecule has 6 heteroatoms. The molecule has 1 unspecified atom stereocenters. The van der Waals surface area contributed by atoms with Crippen LogP contribution in [0.1, 0.15) is 32.8 Å². The Labute approximate surface area is 183 Å². The Balaban J connectivity index is 2.01. The van der Waals surface area contributed by atoms with Gasteiger partial charge in [-0.3, -0.25) is 9.59 Å². The van der Waals surface area contributed by atoms with Gasteiger partial charge in [-0.2, -0.15) is 0 Å². The van der Waals surface area contributed by atoms with Gasteiger partial charge in [-0.1, -0.05) is 55.8 Å². The third kappa shape index (κ3) is 8.11. The maximum atomic E-state index is 13.0. The average molecular weight is 433 g/mol. The second kappa shape index (κ2) is 11.9. The van der Waals surface area contributed by atoms with E-state index in [-0.39, 0.29) is 11.8 Å². The highest BCUT2D eigenvalue weighted by Crippen LogP contribution is 2.22. The molecule has 0 aliphatic rings. The monoisotopic (exact) mass is 432 g/mol. The predicted molar refractivity (Wildman–Crippen MR) is 121 cm³/mol. The smallest absolute Gasteiger partial charge is 0.242 e. The molecule has 2 rings (SSSR count). The minimum atomic E-state index is -0.526. The lowest BCUT2D eigenvalue weighted by molar-refractivity contribution is -0.140. The third-order valence-corrected chi connectivity index (χ3v) is 5.71. The lowest BCUT2D eigenvalue weighted by Crippen LogP contribution is -2.48. The number of nitrogens with zero attached hydrogens (tertiary/aromatic N) is 1. The highest BCUT2D eigenvalue weighted by Gasteiger charge is 2.25. The predicted octanol–water partition coefficient (Wildman–Crippen LogP) is 5.01.